The molecule has 0 radical (unpaired) electrons. The van der Waals surface area contributed by atoms with E-state index in [1.165, 1.54) is 21.9 Å². The standard InChI is InChI=1S/C19H30N4O6S/c1-2-3-4-9-22(14-19(26)21-27)30(28,29)23-10-8-16(13-23)20-18(25)12-15-6-5-7-17(24)11-15/h5-7,11,16,24,27H,2-4,8-10,12-14H2,1H3,(H,20,25)(H,21,26). The van der Waals surface area contributed by atoms with Gasteiger partial charge in [-0.25, -0.2) is 5.48 Å². The van der Waals surface area contributed by atoms with Crippen molar-refractivity contribution >= 4 is 22.0 Å². The quantitative estimate of drug-likeness (QED) is 0.222. The topological polar surface area (TPSA) is 139 Å². The molecule has 2 amide bonds. The van der Waals surface area contributed by atoms with Crippen LogP contribution in [-0.2, 0) is 26.2 Å². The second-order valence-corrected chi connectivity index (χ2v) is 9.27. The summed E-state index contributed by atoms with van der Waals surface area (Å²) >= 11 is 0. The van der Waals surface area contributed by atoms with Crippen LogP contribution in [0.3, 0.4) is 0 Å². The van der Waals surface area contributed by atoms with Crippen molar-refractivity contribution in [2.45, 2.75) is 45.1 Å². The molecular weight excluding hydrogens is 412 g/mol. The van der Waals surface area contributed by atoms with Gasteiger partial charge in [0, 0.05) is 25.7 Å². The van der Waals surface area contributed by atoms with Gasteiger partial charge in [-0.1, -0.05) is 31.9 Å². The minimum Gasteiger partial charge on any atom is -0.508 e. The molecule has 0 aliphatic carbocycles. The summed E-state index contributed by atoms with van der Waals surface area (Å²) in [6.45, 7) is 2.04. The molecule has 11 heteroatoms. The van der Waals surface area contributed by atoms with Gasteiger partial charge in [0.2, 0.25) is 5.91 Å². The Morgan fingerprint density at radius 2 is 2.03 bits per heavy atom. The summed E-state index contributed by atoms with van der Waals surface area (Å²) in [6, 6.07) is 6.06. The molecule has 2 rings (SSSR count). The zero-order valence-corrected chi connectivity index (χ0v) is 17.9. The number of rotatable bonds is 11. The van der Waals surface area contributed by atoms with E-state index in [0.29, 0.717) is 18.4 Å². The van der Waals surface area contributed by atoms with E-state index in [1.54, 1.807) is 12.1 Å². The maximum Gasteiger partial charge on any atom is 0.282 e. The first-order chi connectivity index (χ1) is 14.3. The van der Waals surface area contributed by atoms with E-state index in [2.05, 4.69) is 5.32 Å². The molecule has 4 N–H and O–H groups in total. The van der Waals surface area contributed by atoms with E-state index in [9.17, 15) is 23.1 Å². The highest BCUT2D eigenvalue weighted by atomic mass is 32.2. The van der Waals surface area contributed by atoms with Crippen LogP contribution >= 0.6 is 0 Å². The van der Waals surface area contributed by atoms with E-state index in [0.717, 1.165) is 17.1 Å². The summed E-state index contributed by atoms with van der Waals surface area (Å²) in [5, 5.41) is 21.1. The van der Waals surface area contributed by atoms with Gasteiger partial charge in [-0.15, -0.1) is 0 Å². The van der Waals surface area contributed by atoms with Gasteiger partial charge in [0.05, 0.1) is 13.0 Å². The third-order valence-electron chi connectivity index (χ3n) is 4.90. The first kappa shape index (κ1) is 24.1. The van der Waals surface area contributed by atoms with Crippen LogP contribution in [0.2, 0.25) is 0 Å². The molecule has 1 unspecified atom stereocenters. The number of aromatic hydroxyl groups is 1. The first-order valence-electron chi connectivity index (χ1n) is 10.0. The van der Waals surface area contributed by atoms with Crippen LogP contribution < -0.4 is 10.8 Å². The van der Waals surface area contributed by atoms with E-state index < -0.39 is 22.7 Å². The fourth-order valence-corrected chi connectivity index (χ4v) is 5.03. The molecule has 0 saturated carbocycles. The summed E-state index contributed by atoms with van der Waals surface area (Å²) in [7, 11) is -3.91. The molecule has 1 heterocycles. The molecule has 1 aliphatic rings. The molecule has 0 spiro atoms. The van der Waals surface area contributed by atoms with E-state index >= 15 is 0 Å². The number of benzene rings is 1. The fourth-order valence-electron chi connectivity index (χ4n) is 3.36. The first-order valence-corrected chi connectivity index (χ1v) is 11.4. The number of unbranched alkanes of at least 4 members (excludes halogenated alkanes) is 2. The van der Waals surface area contributed by atoms with E-state index in [1.807, 2.05) is 6.92 Å². The number of nitrogens with zero attached hydrogens (tertiary/aromatic N) is 2. The van der Waals surface area contributed by atoms with Crippen molar-refractivity contribution in [2.75, 3.05) is 26.2 Å². The summed E-state index contributed by atoms with van der Waals surface area (Å²) < 4.78 is 28.3. The van der Waals surface area contributed by atoms with Crippen molar-refractivity contribution in [1.29, 1.82) is 0 Å². The van der Waals surface area contributed by atoms with Crippen LogP contribution in [0.5, 0.6) is 5.75 Å². The second-order valence-electron chi connectivity index (χ2n) is 7.34. The van der Waals surface area contributed by atoms with Crippen LogP contribution in [-0.4, -0.2) is 71.4 Å². The number of phenols is 1. The molecule has 1 fully saturated rings. The molecule has 1 aliphatic heterocycles. The predicted octanol–water partition coefficient (Wildman–Crippen LogP) is 0.368. The molecule has 1 aromatic rings. The largest absolute Gasteiger partial charge is 0.508 e. The van der Waals surface area contributed by atoms with Gasteiger partial charge >= 0.3 is 0 Å². The van der Waals surface area contributed by atoms with Gasteiger partial charge in [-0.3, -0.25) is 14.8 Å². The molecule has 30 heavy (non-hydrogen) atoms. The number of hydroxylamine groups is 1. The van der Waals surface area contributed by atoms with E-state index in [-0.39, 0.29) is 43.8 Å². The number of carbonyl (C=O) groups is 2. The van der Waals surface area contributed by atoms with Crippen molar-refractivity contribution in [3.63, 3.8) is 0 Å². The molecule has 0 aromatic heterocycles. The minimum atomic E-state index is -3.91. The number of amides is 2. The second kappa shape index (κ2) is 11.3. The zero-order valence-electron chi connectivity index (χ0n) is 17.1. The van der Waals surface area contributed by atoms with Crippen molar-refractivity contribution in [3.05, 3.63) is 29.8 Å². The van der Waals surface area contributed by atoms with Crippen LogP contribution in [0.15, 0.2) is 24.3 Å². The number of hydrogen-bond acceptors (Lipinski definition) is 6. The van der Waals surface area contributed by atoms with Gasteiger partial charge < -0.3 is 10.4 Å². The highest BCUT2D eigenvalue weighted by Gasteiger charge is 2.36. The maximum atomic E-state index is 13.0. The molecular formula is C19H30N4O6S. The van der Waals surface area contributed by atoms with Gasteiger partial charge in [0.25, 0.3) is 16.1 Å². The molecule has 10 nitrogen and oxygen atoms in total. The van der Waals surface area contributed by atoms with Gasteiger partial charge in [-0.05, 0) is 30.5 Å². The lowest BCUT2D eigenvalue weighted by molar-refractivity contribution is -0.129. The highest BCUT2D eigenvalue weighted by molar-refractivity contribution is 7.86. The Morgan fingerprint density at radius 3 is 2.70 bits per heavy atom. The third-order valence-corrected chi connectivity index (χ3v) is 6.85. The maximum absolute atomic E-state index is 13.0. The van der Waals surface area contributed by atoms with Crippen LogP contribution in [0, 0.1) is 0 Å². The number of phenolic OH excluding ortho intramolecular Hbond substituents is 1. The number of carbonyl (C=O) groups excluding carboxylic acids is 2. The Bertz CT molecular complexity index is 832. The zero-order chi connectivity index (χ0) is 22.1. The van der Waals surface area contributed by atoms with Crippen LogP contribution in [0.4, 0.5) is 0 Å². The lowest BCUT2D eigenvalue weighted by atomic mass is 10.1. The van der Waals surface area contributed by atoms with Crippen molar-refractivity contribution in [2.24, 2.45) is 0 Å². The fraction of sp³-hybridized carbons (Fsp3) is 0.579. The monoisotopic (exact) mass is 442 g/mol. The van der Waals surface area contributed by atoms with Crippen molar-refractivity contribution in [1.82, 2.24) is 19.4 Å². The minimum absolute atomic E-state index is 0.0773. The number of nitrogens with one attached hydrogen (secondary N) is 2. The Balaban J connectivity index is 1.96. The van der Waals surface area contributed by atoms with Gasteiger partial charge in [0.1, 0.15) is 5.75 Å². The summed E-state index contributed by atoms with van der Waals surface area (Å²) in [5.74, 6) is -0.983. The normalized spacial score (nSPS) is 17.2. The Kier molecular flexibility index (Phi) is 9.03. The Labute approximate surface area is 177 Å². The molecule has 1 saturated heterocycles. The summed E-state index contributed by atoms with van der Waals surface area (Å²) in [5.41, 5.74) is 2.13. The number of hydrogen-bond donors (Lipinski definition) is 4. The van der Waals surface area contributed by atoms with E-state index in [4.69, 9.17) is 5.21 Å². The molecule has 1 atom stereocenters. The Morgan fingerprint density at radius 1 is 1.27 bits per heavy atom. The average Bonchev–Trinajstić information content (AvgIpc) is 3.16. The lowest BCUT2D eigenvalue weighted by Gasteiger charge is -2.26. The molecule has 1 aromatic carbocycles. The summed E-state index contributed by atoms with van der Waals surface area (Å²) in [4.78, 5) is 23.8. The Hall–Kier alpha value is -2.21. The van der Waals surface area contributed by atoms with Crippen LogP contribution in [0.25, 0.3) is 0 Å². The lowest BCUT2D eigenvalue weighted by Crippen LogP contribution is -2.48. The van der Waals surface area contributed by atoms with Gasteiger partial charge in [-0.2, -0.15) is 17.0 Å². The SMILES string of the molecule is CCCCCN(CC(=O)NO)S(=O)(=O)N1CCC(NC(=O)Cc2cccc(O)c2)C1. The highest BCUT2D eigenvalue weighted by Crippen LogP contribution is 2.18. The summed E-state index contributed by atoms with van der Waals surface area (Å²) in [6.07, 6.45) is 2.86. The van der Waals surface area contributed by atoms with Crippen molar-refractivity contribution < 1.29 is 28.3 Å². The van der Waals surface area contributed by atoms with Gasteiger partial charge in [0.15, 0.2) is 0 Å². The average molecular weight is 443 g/mol. The smallest absolute Gasteiger partial charge is 0.282 e. The molecule has 0 bridgehead atoms. The van der Waals surface area contributed by atoms with Crippen molar-refractivity contribution in [3.8, 4) is 5.75 Å². The van der Waals surface area contributed by atoms with Crippen LogP contribution in [0.1, 0.15) is 38.2 Å². The third kappa shape index (κ3) is 6.94. The molecule has 168 valence electrons. The predicted molar refractivity (Wildman–Crippen MR) is 110 cm³/mol.